The van der Waals surface area contributed by atoms with Crippen LogP contribution in [0.25, 0.3) is 0 Å². The average Bonchev–Trinajstić information content (AvgIpc) is 3.54. The third-order valence-corrected chi connectivity index (χ3v) is 10.1. The molecule has 5 rings (SSSR count). The third-order valence-electron chi connectivity index (χ3n) is 10.1. The molecule has 0 unspecified atom stereocenters. The largest absolute Gasteiger partial charge is 0.496 e. The summed E-state index contributed by atoms with van der Waals surface area (Å²) in [6, 6.07) is 2.18. The van der Waals surface area contributed by atoms with Crippen molar-refractivity contribution in [1.29, 1.82) is 0 Å². The highest BCUT2D eigenvalue weighted by Gasteiger charge is 2.52. The van der Waals surface area contributed by atoms with E-state index in [9.17, 15) is 23.9 Å². The molecule has 3 N–H and O–H groups in total. The second-order valence-corrected chi connectivity index (χ2v) is 12.5. The summed E-state index contributed by atoms with van der Waals surface area (Å²) in [6.07, 6.45) is 7.09. The Bertz CT molecular complexity index is 1150. The van der Waals surface area contributed by atoms with E-state index in [1.807, 2.05) is 0 Å². The van der Waals surface area contributed by atoms with E-state index in [0.29, 0.717) is 19.4 Å². The number of aliphatic carboxylic acids is 1. The smallest absolute Gasteiger partial charge is 0.335 e. The zero-order valence-corrected chi connectivity index (χ0v) is 23.6. The first-order valence-electron chi connectivity index (χ1n) is 14.5. The van der Waals surface area contributed by atoms with Gasteiger partial charge >= 0.3 is 5.97 Å². The number of methoxy groups -OCH3 is 2. The number of fused-ring (bicyclic) bond motifs is 2. The normalized spacial score (nSPS) is 32.1. The second kappa shape index (κ2) is 11.2. The van der Waals surface area contributed by atoms with Crippen LogP contribution in [0, 0.1) is 29.0 Å². The van der Waals surface area contributed by atoms with E-state index in [1.54, 1.807) is 0 Å². The van der Waals surface area contributed by atoms with Crippen LogP contribution >= 0.6 is 0 Å². The third kappa shape index (κ3) is 5.39. The predicted molar refractivity (Wildman–Crippen MR) is 144 cm³/mol. The van der Waals surface area contributed by atoms with Crippen molar-refractivity contribution in [3.63, 3.8) is 0 Å². The minimum Gasteiger partial charge on any atom is -0.496 e. The molecule has 1 aromatic rings. The Hall–Kier alpha value is -2.88. The van der Waals surface area contributed by atoms with E-state index in [4.69, 9.17) is 14.2 Å². The summed E-state index contributed by atoms with van der Waals surface area (Å²) < 4.78 is 31.5. The van der Waals surface area contributed by atoms with E-state index in [-0.39, 0.29) is 65.0 Å². The molecule has 4 aliphatic rings. The molecule has 0 aromatic heterocycles. The number of nitrogens with one attached hydrogen (secondary N) is 2. The number of hydrogen-bond donors (Lipinski definition) is 3. The minimum atomic E-state index is -1.26. The van der Waals surface area contributed by atoms with Gasteiger partial charge in [0.1, 0.15) is 5.75 Å². The van der Waals surface area contributed by atoms with Crippen LogP contribution in [0.1, 0.15) is 81.5 Å². The van der Waals surface area contributed by atoms with Gasteiger partial charge in [-0.25, -0.2) is 9.18 Å². The number of carbonyl (C=O) groups excluding carboxylic acids is 2. The van der Waals surface area contributed by atoms with Crippen LogP contribution in [-0.2, 0) is 14.3 Å². The maximum atomic E-state index is 15.0. The molecule has 9 nitrogen and oxygen atoms in total. The summed E-state index contributed by atoms with van der Waals surface area (Å²) in [4.78, 5) is 38.5. The summed E-state index contributed by atoms with van der Waals surface area (Å²) in [5, 5.41) is 15.8. The van der Waals surface area contributed by atoms with Crippen molar-refractivity contribution < 1.29 is 38.1 Å². The standard InChI is InChI=1S/C30H41FN2O7/c1-29(9-4-10-29)16-32-27(35)24-17-5-6-18(13-17)25(24)33-26(34)20-14-23(21(31)15-22(20)38-2)40-19-7-11-30(39-3,12-8-19)28(36)37/h14-15,17-19,24-25H,4-13,16H2,1-3H3,(H,32,35)(H,33,34)(H,36,37)/t17-,18+,19-,24+,25-,30-/m1/s1. The van der Waals surface area contributed by atoms with Gasteiger partial charge in [-0.1, -0.05) is 13.3 Å². The van der Waals surface area contributed by atoms with E-state index >= 15 is 0 Å². The van der Waals surface area contributed by atoms with E-state index in [1.165, 1.54) is 26.7 Å². The summed E-state index contributed by atoms with van der Waals surface area (Å²) in [7, 11) is 2.75. The lowest BCUT2D eigenvalue weighted by Crippen LogP contribution is -2.51. The Morgan fingerprint density at radius 1 is 1.02 bits per heavy atom. The fraction of sp³-hybridized carbons (Fsp3) is 0.700. The molecule has 10 heteroatoms. The Morgan fingerprint density at radius 3 is 2.33 bits per heavy atom. The number of rotatable bonds is 10. The molecule has 2 amide bonds. The van der Waals surface area contributed by atoms with Crippen LogP contribution in [0.4, 0.5) is 4.39 Å². The Morgan fingerprint density at radius 2 is 1.73 bits per heavy atom. The average molecular weight is 561 g/mol. The molecule has 0 saturated heterocycles. The van der Waals surface area contributed by atoms with Gasteiger partial charge in [-0.3, -0.25) is 9.59 Å². The molecular formula is C30H41FN2O7. The highest BCUT2D eigenvalue weighted by Crippen LogP contribution is 2.49. The zero-order chi connectivity index (χ0) is 28.7. The van der Waals surface area contributed by atoms with Gasteiger partial charge in [0, 0.05) is 25.8 Å². The maximum absolute atomic E-state index is 15.0. The lowest BCUT2D eigenvalue weighted by Gasteiger charge is -2.39. The van der Waals surface area contributed by atoms with E-state index in [2.05, 4.69) is 17.6 Å². The number of carboxylic acid groups (broad SMARTS) is 1. The first kappa shape index (κ1) is 28.6. The van der Waals surface area contributed by atoms with Gasteiger partial charge in [0.2, 0.25) is 5.91 Å². The number of carboxylic acids is 1. The SMILES string of the molecule is COc1cc(F)c(O[C@H]2CC[C@@](OC)(C(=O)O)CC2)cc1C(=O)N[C@@H]1[C@H]2CC[C@H](C2)[C@@H]1C(=O)NCC1(C)CCC1. The lowest BCUT2D eigenvalue weighted by molar-refractivity contribution is -0.168. The fourth-order valence-electron chi connectivity index (χ4n) is 7.31. The summed E-state index contributed by atoms with van der Waals surface area (Å²) in [6.45, 7) is 2.86. The first-order chi connectivity index (χ1) is 19.1. The van der Waals surface area contributed by atoms with Gasteiger partial charge in [-0.2, -0.15) is 0 Å². The molecule has 1 aromatic carbocycles. The van der Waals surface area contributed by atoms with Crippen molar-refractivity contribution in [2.24, 2.45) is 23.2 Å². The fourth-order valence-corrected chi connectivity index (χ4v) is 7.31. The molecular weight excluding hydrogens is 519 g/mol. The van der Waals surface area contributed by atoms with Crippen LogP contribution in [0.15, 0.2) is 12.1 Å². The van der Waals surface area contributed by atoms with Crippen molar-refractivity contribution >= 4 is 17.8 Å². The van der Waals surface area contributed by atoms with Gasteiger partial charge in [0.05, 0.1) is 24.7 Å². The van der Waals surface area contributed by atoms with Gasteiger partial charge in [0.25, 0.3) is 5.91 Å². The topological polar surface area (TPSA) is 123 Å². The molecule has 220 valence electrons. The van der Waals surface area contributed by atoms with Crippen molar-refractivity contribution in [3.8, 4) is 11.5 Å². The zero-order valence-electron chi connectivity index (χ0n) is 23.6. The van der Waals surface area contributed by atoms with Crippen LogP contribution in [-0.4, -0.2) is 61.4 Å². The predicted octanol–water partition coefficient (Wildman–Crippen LogP) is 4.08. The maximum Gasteiger partial charge on any atom is 0.335 e. The molecule has 0 radical (unpaired) electrons. The highest BCUT2D eigenvalue weighted by atomic mass is 19.1. The van der Waals surface area contributed by atoms with Crippen LogP contribution in [0.3, 0.4) is 0 Å². The monoisotopic (exact) mass is 560 g/mol. The molecule has 0 heterocycles. The molecule has 4 saturated carbocycles. The van der Waals surface area contributed by atoms with Crippen molar-refractivity contribution in [1.82, 2.24) is 10.6 Å². The van der Waals surface area contributed by atoms with E-state index < -0.39 is 29.4 Å². The Balaban J connectivity index is 1.28. The number of carbonyl (C=O) groups is 3. The first-order valence-corrected chi connectivity index (χ1v) is 14.5. The molecule has 40 heavy (non-hydrogen) atoms. The molecule has 2 bridgehead atoms. The number of benzene rings is 1. The number of halogens is 1. The molecule has 4 aliphatic carbocycles. The van der Waals surface area contributed by atoms with Gasteiger partial charge in [-0.05, 0) is 81.1 Å². The Labute approximate surface area is 234 Å². The van der Waals surface area contributed by atoms with Crippen LogP contribution in [0.5, 0.6) is 11.5 Å². The molecule has 0 aliphatic heterocycles. The second-order valence-electron chi connectivity index (χ2n) is 12.5. The van der Waals surface area contributed by atoms with Gasteiger partial charge in [-0.15, -0.1) is 0 Å². The van der Waals surface area contributed by atoms with Crippen molar-refractivity contribution in [2.45, 2.75) is 88.9 Å². The summed E-state index contributed by atoms with van der Waals surface area (Å²) in [5.41, 5.74) is -0.959. The Kier molecular flexibility index (Phi) is 8.01. The van der Waals surface area contributed by atoms with Crippen LogP contribution in [0.2, 0.25) is 0 Å². The summed E-state index contributed by atoms with van der Waals surface area (Å²) >= 11 is 0. The van der Waals surface area contributed by atoms with Crippen molar-refractivity contribution in [3.05, 3.63) is 23.5 Å². The minimum absolute atomic E-state index is 0.00603. The highest BCUT2D eigenvalue weighted by molar-refractivity contribution is 5.98. The van der Waals surface area contributed by atoms with Crippen molar-refractivity contribution in [2.75, 3.05) is 20.8 Å². The van der Waals surface area contributed by atoms with Gasteiger partial charge in [0.15, 0.2) is 17.2 Å². The molecule has 4 fully saturated rings. The number of ether oxygens (including phenoxy) is 3. The van der Waals surface area contributed by atoms with E-state index in [0.717, 1.165) is 38.2 Å². The number of hydrogen-bond acceptors (Lipinski definition) is 6. The molecule has 0 spiro atoms. The quantitative estimate of drug-likeness (QED) is 0.394. The number of amides is 2. The lowest BCUT2D eigenvalue weighted by atomic mass is 9.70. The summed E-state index contributed by atoms with van der Waals surface area (Å²) in [5.74, 6) is -1.94. The van der Waals surface area contributed by atoms with Crippen LogP contribution < -0.4 is 20.1 Å². The molecule has 4 atom stereocenters. The van der Waals surface area contributed by atoms with Gasteiger partial charge < -0.3 is 30.0 Å².